The molecule has 0 saturated heterocycles. The zero-order valence-corrected chi connectivity index (χ0v) is 12.1. The van der Waals surface area contributed by atoms with Gasteiger partial charge in [-0.15, -0.1) is 0 Å². The molecule has 1 amide bonds. The van der Waals surface area contributed by atoms with E-state index in [2.05, 4.69) is 5.32 Å². The fourth-order valence-corrected chi connectivity index (χ4v) is 1.98. The molecule has 1 aromatic carbocycles. The molecular formula is C15H22N2O4. The first-order valence-corrected chi connectivity index (χ1v) is 6.96. The molecule has 21 heavy (non-hydrogen) atoms. The van der Waals surface area contributed by atoms with E-state index in [-0.39, 0.29) is 30.4 Å². The van der Waals surface area contributed by atoms with E-state index in [0.29, 0.717) is 6.54 Å². The molecule has 6 nitrogen and oxygen atoms in total. The van der Waals surface area contributed by atoms with Crippen LogP contribution < -0.4 is 11.1 Å². The summed E-state index contributed by atoms with van der Waals surface area (Å²) < 4.78 is 0. The number of rotatable bonds is 8. The van der Waals surface area contributed by atoms with Crippen LogP contribution in [0.15, 0.2) is 24.3 Å². The number of amides is 1. The smallest absolute Gasteiger partial charge is 0.326 e. The molecule has 0 spiro atoms. The van der Waals surface area contributed by atoms with Gasteiger partial charge in [0.05, 0.1) is 0 Å². The summed E-state index contributed by atoms with van der Waals surface area (Å²) in [6.45, 7) is 2.34. The van der Waals surface area contributed by atoms with Gasteiger partial charge in [0.15, 0.2) is 0 Å². The highest BCUT2D eigenvalue weighted by atomic mass is 16.4. The number of aliphatic carboxylic acids is 1. The van der Waals surface area contributed by atoms with Gasteiger partial charge in [-0.3, -0.25) is 4.79 Å². The Morgan fingerprint density at radius 1 is 1.29 bits per heavy atom. The molecule has 1 rings (SSSR count). The van der Waals surface area contributed by atoms with Gasteiger partial charge in [0.2, 0.25) is 5.91 Å². The molecule has 0 heterocycles. The van der Waals surface area contributed by atoms with Crippen LogP contribution in [0.4, 0.5) is 0 Å². The number of carbonyl (C=O) groups excluding carboxylic acids is 1. The third-order valence-electron chi connectivity index (χ3n) is 3.39. The fourth-order valence-electron chi connectivity index (χ4n) is 1.98. The molecular weight excluding hydrogens is 272 g/mol. The summed E-state index contributed by atoms with van der Waals surface area (Å²) in [6.07, 6.45) is 1.17. The molecule has 0 aliphatic rings. The first kappa shape index (κ1) is 17.0. The lowest BCUT2D eigenvalue weighted by Gasteiger charge is -2.17. The van der Waals surface area contributed by atoms with Gasteiger partial charge in [-0.05, 0) is 30.2 Å². The van der Waals surface area contributed by atoms with Crippen LogP contribution in [0.3, 0.4) is 0 Å². The molecule has 0 aromatic heterocycles. The molecule has 0 aliphatic carbocycles. The van der Waals surface area contributed by atoms with Crippen molar-refractivity contribution in [3.8, 4) is 5.75 Å². The first-order chi connectivity index (χ1) is 9.96. The number of carbonyl (C=O) groups is 2. The van der Waals surface area contributed by atoms with Gasteiger partial charge in [0, 0.05) is 12.8 Å². The van der Waals surface area contributed by atoms with Gasteiger partial charge in [0.25, 0.3) is 0 Å². The minimum Gasteiger partial charge on any atom is -0.508 e. The average molecular weight is 294 g/mol. The molecule has 5 N–H and O–H groups in total. The van der Waals surface area contributed by atoms with Crippen molar-refractivity contribution in [2.75, 3.05) is 6.54 Å². The van der Waals surface area contributed by atoms with Crippen molar-refractivity contribution in [2.24, 2.45) is 11.7 Å². The SMILES string of the molecule is CCC(CN)CC(=O)N[C@H](Cc1ccc(O)cc1)C(=O)O. The lowest BCUT2D eigenvalue weighted by Crippen LogP contribution is -2.43. The van der Waals surface area contributed by atoms with E-state index in [0.717, 1.165) is 12.0 Å². The molecule has 1 unspecified atom stereocenters. The molecule has 1 aromatic rings. The van der Waals surface area contributed by atoms with Crippen molar-refractivity contribution in [2.45, 2.75) is 32.2 Å². The van der Waals surface area contributed by atoms with Gasteiger partial charge in [-0.25, -0.2) is 4.79 Å². The van der Waals surface area contributed by atoms with Crippen LogP contribution in [-0.2, 0) is 16.0 Å². The van der Waals surface area contributed by atoms with Crippen LogP contribution in [0.1, 0.15) is 25.3 Å². The molecule has 116 valence electrons. The summed E-state index contributed by atoms with van der Waals surface area (Å²) >= 11 is 0. The largest absolute Gasteiger partial charge is 0.508 e. The minimum absolute atomic E-state index is 0.0631. The lowest BCUT2D eigenvalue weighted by molar-refractivity contribution is -0.141. The van der Waals surface area contributed by atoms with Gasteiger partial charge in [0.1, 0.15) is 11.8 Å². The summed E-state index contributed by atoms with van der Waals surface area (Å²) in [5.74, 6) is -1.22. The number of benzene rings is 1. The van der Waals surface area contributed by atoms with Crippen molar-refractivity contribution in [1.82, 2.24) is 5.32 Å². The summed E-state index contributed by atoms with van der Waals surface area (Å²) in [6, 6.07) is 5.24. The van der Waals surface area contributed by atoms with Crippen LogP contribution in [0.5, 0.6) is 5.75 Å². The molecule has 0 radical (unpaired) electrons. The topological polar surface area (TPSA) is 113 Å². The number of nitrogens with one attached hydrogen (secondary N) is 1. The number of phenols is 1. The predicted octanol–water partition coefficient (Wildman–Crippen LogP) is 0.879. The van der Waals surface area contributed by atoms with Crippen LogP contribution in [0.2, 0.25) is 0 Å². The van der Waals surface area contributed by atoms with E-state index in [9.17, 15) is 19.8 Å². The Morgan fingerprint density at radius 2 is 1.90 bits per heavy atom. The van der Waals surface area contributed by atoms with E-state index >= 15 is 0 Å². The quantitative estimate of drug-likeness (QED) is 0.568. The molecule has 0 saturated carbocycles. The highest BCUT2D eigenvalue weighted by Gasteiger charge is 2.21. The molecule has 6 heteroatoms. The zero-order valence-electron chi connectivity index (χ0n) is 12.1. The molecule has 0 fully saturated rings. The normalized spacial score (nSPS) is 13.4. The Hall–Kier alpha value is -2.08. The van der Waals surface area contributed by atoms with Crippen molar-refractivity contribution in [3.05, 3.63) is 29.8 Å². The van der Waals surface area contributed by atoms with Crippen molar-refractivity contribution < 1.29 is 19.8 Å². The van der Waals surface area contributed by atoms with Crippen LogP contribution in [0, 0.1) is 5.92 Å². The zero-order chi connectivity index (χ0) is 15.8. The van der Waals surface area contributed by atoms with Crippen LogP contribution in [0.25, 0.3) is 0 Å². The van der Waals surface area contributed by atoms with E-state index in [1.807, 2.05) is 6.92 Å². The van der Waals surface area contributed by atoms with E-state index in [1.165, 1.54) is 12.1 Å². The number of hydrogen-bond acceptors (Lipinski definition) is 4. The second kappa shape index (κ2) is 8.26. The Morgan fingerprint density at radius 3 is 2.38 bits per heavy atom. The maximum atomic E-state index is 11.9. The third kappa shape index (κ3) is 5.83. The summed E-state index contributed by atoms with van der Waals surface area (Å²) in [7, 11) is 0. The second-order valence-corrected chi connectivity index (χ2v) is 5.04. The lowest BCUT2D eigenvalue weighted by atomic mass is 10.0. The van der Waals surface area contributed by atoms with E-state index < -0.39 is 12.0 Å². The van der Waals surface area contributed by atoms with E-state index in [1.54, 1.807) is 12.1 Å². The summed E-state index contributed by atoms with van der Waals surface area (Å²) in [4.78, 5) is 23.1. The predicted molar refractivity (Wildman–Crippen MR) is 78.8 cm³/mol. The molecule has 0 bridgehead atoms. The Bertz CT molecular complexity index is 469. The highest BCUT2D eigenvalue weighted by Crippen LogP contribution is 2.12. The highest BCUT2D eigenvalue weighted by molar-refractivity contribution is 5.83. The third-order valence-corrected chi connectivity index (χ3v) is 3.39. The first-order valence-electron chi connectivity index (χ1n) is 6.96. The van der Waals surface area contributed by atoms with Crippen molar-refractivity contribution in [1.29, 1.82) is 0 Å². The standard InChI is InChI=1S/C15H22N2O4/c1-2-10(9-16)8-14(19)17-13(15(20)21)7-11-3-5-12(18)6-4-11/h3-6,10,13,18H,2,7-9,16H2,1H3,(H,17,19)(H,20,21)/t10?,13-/m1/s1. The van der Waals surface area contributed by atoms with Crippen LogP contribution >= 0.6 is 0 Å². The maximum absolute atomic E-state index is 11.9. The minimum atomic E-state index is -1.09. The Labute approximate surface area is 124 Å². The number of hydrogen-bond donors (Lipinski definition) is 4. The van der Waals surface area contributed by atoms with Gasteiger partial charge >= 0.3 is 5.97 Å². The number of carboxylic acid groups (broad SMARTS) is 1. The number of nitrogens with two attached hydrogens (primary N) is 1. The van der Waals surface area contributed by atoms with Gasteiger partial charge in [-0.2, -0.15) is 0 Å². The summed E-state index contributed by atoms with van der Waals surface area (Å²) in [5, 5.41) is 20.9. The summed E-state index contributed by atoms with van der Waals surface area (Å²) in [5.41, 5.74) is 6.27. The van der Waals surface area contributed by atoms with E-state index in [4.69, 9.17) is 5.73 Å². The van der Waals surface area contributed by atoms with Crippen molar-refractivity contribution >= 4 is 11.9 Å². The monoisotopic (exact) mass is 294 g/mol. The molecule has 0 aliphatic heterocycles. The van der Waals surface area contributed by atoms with Crippen molar-refractivity contribution in [3.63, 3.8) is 0 Å². The van der Waals surface area contributed by atoms with Gasteiger partial charge in [-0.1, -0.05) is 25.5 Å². The molecule has 2 atom stereocenters. The fraction of sp³-hybridized carbons (Fsp3) is 0.467. The number of carboxylic acids is 1. The number of phenolic OH excluding ortho intramolecular Hbond substituents is 1. The second-order valence-electron chi connectivity index (χ2n) is 5.04. The Kier molecular flexibility index (Phi) is 6.68. The Balaban J connectivity index is 2.63. The number of aromatic hydroxyl groups is 1. The van der Waals surface area contributed by atoms with Crippen LogP contribution in [-0.4, -0.2) is 34.7 Å². The van der Waals surface area contributed by atoms with Gasteiger partial charge < -0.3 is 21.3 Å². The maximum Gasteiger partial charge on any atom is 0.326 e. The average Bonchev–Trinajstić information content (AvgIpc) is 2.46.